The maximum Gasteiger partial charge on any atom is 0.309 e. The zero-order valence-electron chi connectivity index (χ0n) is 9.77. The molecule has 0 aromatic rings. The second kappa shape index (κ2) is 4.71. The van der Waals surface area contributed by atoms with Gasteiger partial charge in [-0.05, 0) is 19.3 Å². The second-order valence-corrected chi connectivity index (χ2v) is 6.48. The third kappa shape index (κ3) is 2.74. The van der Waals surface area contributed by atoms with Crippen molar-refractivity contribution in [1.29, 1.82) is 0 Å². The topological polar surface area (TPSA) is 74.7 Å². The maximum atomic E-state index is 11.3. The Labute approximate surface area is 96.5 Å². The van der Waals surface area contributed by atoms with Crippen LogP contribution in [-0.2, 0) is 14.8 Å². The van der Waals surface area contributed by atoms with E-state index in [2.05, 4.69) is 0 Å². The predicted octanol–water partition coefficient (Wildman–Crippen LogP) is 0.913. The second-order valence-electron chi connectivity index (χ2n) is 4.50. The van der Waals surface area contributed by atoms with E-state index in [1.54, 1.807) is 0 Å². The number of rotatable bonds is 4. The average Bonchev–Trinajstić information content (AvgIpc) is 2.17. The minimum atomic E-state index is -3.18. The first-order valence-corrected chi connectivity index (χ1v) is 7.35. The van der Waals surface area contributed by atoms with Gasteiger partial charge >= 0.3 is 5.97 Å². The molecule has 0 aromatic heterocycles. The van der Waals surface area contributed by atoms with Crippen LogP contribution in [0.4, 0.5) is 0 Å². The Balaban J connectivity index is 2.74. The summed E-state index contributed by atoms with van der Waals surface area (Å²) in [5.41, 5.74) is -0.712. The molecule has 0 saturated carbocycles. The fraction of sp³-hybridized carbons (Fsp3) is 0.900. The molecule has 1 rings (SSSR count). The number of hydrogen-bond donors (Lipinski definition) is 1. The van der Waals surface area contributed by atoms with E-state index in [9.17, 15) is 18.3 Å². The number of carboxylic acids is 1. The van der Waals surface area contributed by atoms with E-state index in [0.29, 0.717) is 32.4 Å². The SMILES string of the molecule is CCCC1(C(=O)O)CCN(S(C)(=O)=O)CC1. The molecule has 0 spiro atoms. The Morgan fingerprint density at radius 1 is 1.38 bits per heavy atom. The van der Waals surface area contributed by atoms with Crippen molar-refractivity contribution in [3.05, 3.63) is 0 Å². The van der Waals surface area contributed by atoms with Crippen LogP contribution < -0.4 is 0 Å². The first kappa shape index (κ1) is 13.4. The number of carbonyl (C=O) groups is 1. The molecule has 5 nitrogen and oxygen atoms in total. The van der Waals surface area contributed by atoms with Gasteiger partial charge in [0.15, 0.2) is 0 Å². The maximum absolute atomic E-state index is 11.3. The molecule has 0 amide bonds. The summed E-state index contributed by atoms with van der Waals surface area (Å²) in [7, 11) is -3.18. The van der Waals surface area contributed by atoms with Gasteiger partial charge in [-0.1, -0.05) is 13.3 Å². The van der Waals surface area contributed by atoms with Gasteiger partial charge in [-0.2, -0.15) is 0 Å². The highest BCUT2D eigenvalue weighted by Gasteiger charge is 2.42. The van der Waals surface area contributed by atoms with Gasteiger partial charge in [0.2, 0.25) is 10.0 Å². The summed E-state index contributed by atoms with van der Waals surface area (Å²) in [4.78, 5) is 11.3. The fourth-order valence-corrected chi connectivity index (χ4v) is 3.14. The molecule has 1 aliphatic rings. The van der Waals surface area contributed by atoms with Gasteiger partial charge in [0.1, 0.15) is 0 Å². The molecule has 0 aromatic carbocycles. The lowest BCUT2D eigenvalue weighted by molar-refractivity contribution is -0.152. The largest absolute Gasteiger partial charge is 0.481 e. The first-order chi connectivity index (χ1) is 7.32. The van der Waals surface area contributed by atoms with Crippen molar-refractivity contribution >= 4 is 16.0 Å². The number of nitrogens with zero attached hydrogens (tertiary/aromatic N) is 1. The van der Waals surface area contributed by atoms with Crippen molar-refractivity contribution in [1.82, 2.24) is 4.31 Å². The highest BCUT2D eigenvalue weighted by molar-refractivity contribution is 7.88. The van der Waals surface area contributed by atoms with Crippen LogP contribution in [0.1, 0.15) is 32.6 Å². The van der Waals surface area contributed by atoms with Crippen LogP contribution in [0.15, 0.2) is 0 Å². The van der Waals surface area contributed by atoms with Crippen molar-refractivity contribution in [2.75, 3.05) is 19.3 Å². The standard InChI is InChI=1S/C10H19NO4S/c1-3-4-10(9(12)13)5-7-11(8-6-10)16(2,14)15/h3-8H2,1-2H3,(H,12,13). The van der Waals surface area contributed by atoms with Crippen LogP contribution in [0, 0.1) is 5.41 Å². The number of aliphatic carboxylic acids is 1. The lowest BCUT2D eigenvalue weighted by atomic mass is 9.75. The van der Waals surface area contributed by atoms with Crippen molar-refractivity contribution in [2.45, 2.75) is 32.6 Å². The molecule has 1 heterocycles. The number of hydrogen-bond acceptors (Lipinski definition) is 3. The normalized spacial score (nSPS) is 21.9. The van der Waals surface area contributed by atoms with Crippen molar-refractivity contribution < 1.29 is 18.3 Å². The number of sulfonamides is 1. The minimum absolute atomic E-state index is 0.325. The summed E-state index contributed by atoms with van der Waals surface area (Å²) in [6.07, 6.45) is 3.44. The fourth-order valence-electron chi connectivity index (χ4n) is 2.30. The van der Waals surface area contributed by atoms with Crippen LogP contribution in [0.2, 0.25) is 0 Å². The van der Waals surface area contributed by atoms with Gasteiger partial charge in [-0.25, -0.2) is 12.7 Å². The molecule has 0 radical (unpaired) electrons. The number of carboxylic acid groups (broad SMARTS) is 1. The van der Waals surface area contributed by atoms with E-state index in [1.165, 1.54) is 10.6 Å². The van der Waals surface area contributed by atoms with E-state index in [-0.39, 0.29) is 0 Å². The molecule has 0 bridgehead atoms. The van der Waals surface area contributed by atoms with E-state index in [4.69, 9.17) is 0 Å². The van der Waals surface area contributed by atoms with Crippen LogP contribution in [0.5, 0.6) is 0 Å². The molecule has 16 heavy (non-hydrogen) atoms. The Hall–Kier alpha value is -0.620. The highest BCUT2D eigenvalue weighted by Crippen LogP contribution is 2.36. The highest BCUT2D eigenvalue weighted by atomic mass is 32.2. The Kier molecular flexibility index (Phi) is 3.96. The molecular weight excluding hydrogens is 230 g/mol. The summed E-state index contributed by atoms with van der Waals surface area (Å²) >= 11 is 0. The monoisotopic (exact) mass is 249 g/mol. The molecular formula is C10H19NO4S. The van der Waals surface area contributed by atoms with Gasteiger partial charge in [0, 0.05) is 13.1 Å². The summed E-state index contributed by atoms with van der Waals surface area (Å²) in [5, 5.41) is 9.24. The molecule has 1 saturated heterocycles. The number of piperidine rings is 1. The summed E-state index contributed by atoms with van der Waals surface area (Å²) in [6, 6.07) is 0. The lowest BCUT2D eigenvalue weighted by Crippen LogP contribution is -2.46. The van der Waals surface area contributed by atoms with E-state index < -0.39 is 21.4 Å². The summed E-state index contributed by atoms with van der Waals surface area (Å²) in [5.74, 6) is -0.789. The lowest BCUT2D eigenvalue weighted by Gasteiger charge is -2.37. The van der Waals surface area contributed by atoms with Crippen LogP contribution in [0.25, 0.3) is 0 Å². The van der Waals surface area contributed by atoms with Crippen LogP contribution in [-0.4, -0.2) is 43.1 Å². The van der Waals surface area contributed by atoms with Crippen molar-refractivity contribution in [3.63, 3.8) is 0 Å². The summed E-state index contributed by atoms with van der Waals surface area (Å²) < 4.78 is 24.0. The van der Waals surface area contributed by atoms with Gasteiger partial charge < -0.3 is 5.11 Å². The minimum Gasteiger partial charge on any atom is -0.481 e. The smallest absolute Gasteiger partial charge is 0.309 e. The first-order valence-electron chi connectivity index (χ1n) is 5.50. The van der Waals surface area contributed by atoms with E-state index >= 15 is 0 Å². The van der Waals surface area contributed by atoms with Crippen LogP contribution in [0.3, 0.4) is 0 Å². The average molecular weight is 249 g/mol. The molecule has 6 heteroatoms. The molecule has 1 N–H and O–H groups in total. The van der Waals surface area contributed by atoms with Gasteiger partial charge in [0.05, 0.1) is 11.7 Å². The van der Waals surface area contributed by atoms with Crippen molar-refractivity contribution in [2.24, 2.45) is 5.41 Å². The molecule has 1 fully saturated rings. The molecule has 0 atom stereocenters. The molecule has 94 valence electrons. The Bertz CT molecular complexity index is 355. The Morgan fingerprint density at radius 2 is 1.88 bits per heavy atom. The zero-order valence-corrected chi connectivity index (χ0v) is 10.6. The summed E-state index contributed by atoms with van der Waals surface area (Å²) in [6.45, 7) is 2.60. The molecule has 0 unspecified atom stereocenters. The quantitative estimate of drug-likeness (QED) is 0.803. The third-order valence-corrected chi connectivity index (χ3v) is 4.63. The van der Waals surface area contributed by atoms with Gasteiger partial charge in [0.25, 0.3) is 0 Å². The Morgan fingerprint density at radius 3 is 2.19 bits per heavy atom. The zero-order chi connectivity index (χ0) is 12.4. The predicted molar refractivity (Wildman–Crippen MR) is 60.6 cm³/mol. The molecule has 0 aliphatic carbocycles. The third-order valence-electron chi connectivity index (χ3n) is 3.33. The van der Waals surface area contributed by atoms with E-state index in [0.717, 1.165) is 6.42 Å². The van der Waals surface area contributed by atoms with Gasteiger partial charge in [-0.15, -0.1) is 0 Å². The van der Waals surface area contributed by atoms with Crippen molar-refractivity contribution in [3.8, 4) is 0 Å². The van der Waals surface area contributed by atoms with Gasteiger partial charge in [-0.3, -0.25) is 4.79 Å². The molecule has 1 aliphatic heterocycles. The van der Waals surface area contributed by atoms with Crippen LogP contribution >= 0.6 is 0 Å². The van der Waals surface area contributed by atoms with E-state index in [1.807, 2.05) is 6.92 Å².